The Labute approximate surface area is 131 Å². The number of carbonyl (C=O) groups is 1. The van der Waals surface area contributed by atoms with Gasteiger partial charge in [0.1, 0.15) is 5.75 Å². The number of rotatable bonds is 5. The van der Waals surface area contributed by atoms with Crippen molar-refractivity contribution in [3.63, 3.8) is 0 Å². The summed E-state index contributed by atoms with van der Waals surface area (Å²) in [5.74, 6) is 0.193. The molecule has 0 unspecified atom stereocenters. The molecule has 2 aromatic rings. The Morgan fingerprint density at radius 1 is 1.18 bits per heavy atom. The average Bonchev–Trinajstić information content (AvgIpc) is 2.50. The summed E-state index contributed by atoms with van der Waals surface area (Å²) in [6, 6.07) is 9.97. The van der Waals surface area contributed by atoms with E-state index >= 15 is 0 Å². The number of benzene rings is 1. The van der Waals surface area contributed by atoms with Crippen LogP contribution in [0.25, 0.3) is 5.70 Å². The van der Waals surface area contributed by atoms with Crippen molar-refractivity contribution in [2.24, 2.45) is 11.5 Å². The number of nitrogens with zero attached hydrogens (tertiary/aromatic N) is 1. The van der Waals surface area contributed by atoms with E-state index in [0.29, 0.717) is 22.2 Å². The summed E-state index contributed by atoms with van der Waals surface area (Å²) in [6.07, 6.45) is 2.31. The predicted octanol–water partition coefficient (Wildman–Crippen LogP) is 2.33. The third-order valence-corrected chi connectivity index (χ3v) is 3.01. The van der Waals surface area contributed by atoms with Gasteiger partial charge in [0.25, 0.3) is 5.91 Å². The molecule has 0 spiro atoms. The zero-order valence-corrected chi connectivity index (χ0v) is 12.2. The van der Waals surface area contributed by atoms with Crippen LogP contribution in [0.4, 0.5) is 0 Å². The summed E-state index contributed by atoms with van der Waals surface area (Å²) in [4.78, 5) is 15.2. The number of amides is 1. The van der Waals surface area contributed by atoms with Crippen LogP contribution in [0.2, 0.25) is 5.02 Å². The van der Waals surface area contributed by atoms with Crippen LogP contribution in [-0.2, 0) is 4.79 Å². The zero-order chi connectivity index (χ0) is 16.1. The van der Waals surface area contributed by atoms with Crippen LogP contribution in [0.1, 0.15) is 5.56 Å². The summed E-state index contributed by atoms with van der Waals surface area (Å²) < 4.78 is 5.54. The highest BCUT2D eigenvalue weighted by Gasteiger charge is 2.09. The molecule has 0 aliphatic carbocycles. The lowest BCUT2D eigenvalue weighted by Gasteiger charge is -2.08. The normalized spacial score (nSPS) is 11.5. The molecule has 0 aliphatic heterocycles. The second-order valence-electron chi connectivity index (χ2n) is 4.28. The third-order valence-electron chi connectivity index (χ3n) is 2.79. The minimum Gasteiger partial charge on any atom is -0.439 e. The quantitative estimate of drug-likeness (QED) is 0.580. The Hall–Kier alpha value is -2.86. The number of aromatic nitrogens is 1. The first-order chi connectivity index (χ1) is 10.5. The Morgan fingerprint density at radius 3 is 2.36 bits per heavy atom. The molecule has 0 saturated carbocycles. The van der Waals surface area contributed by atoms with E-state index < -0.39 is 5.91 Å². The fourth-order valence-corrected chi connectivity index (χ4v) is 1.79. The minimum atomic E-state index is -0.752. The van der Waals surface area contributed by atoms with Crippen molar-refractivity contribution in [1.29, 1.82) is 5.41 Å². The number of ether oxygens (including phenoxy) is 1. The van der Waals surface area contributed by atoms with Crippen LogP contribution in [0, 0.1) is 5.41 Å². The van der Waals surface area contributed by atoms with E-state index in [1.54, 1.807) is 36.4 Å². The van der Waals surface area contributed by atoms with Crippen LogP contribution in [-0.4, -0.2) is 17.1 Å². The van der Waals surface area contributed by atoms with Gasteiger partial charge in [-0.15, -0.1) is 0 Å². The maximum Gasteiger partial charge on any atom is 0.252 e. The van der Waals surface area contributed by atoms with E-state index in [9.17, 15) is 4.79 Å². The fourth-order valence-electron chi connectivity index (χ4n) is 1.68. The van der Waals surface area contributed by atoms with Gasteiger partial charge in [0, 0.05) is 18.5 Å². The van der Waals surface area contributed by atoms with Crippen LogP contribution >= 0.6 is 11.6 Å². The number of hydrogen-bond acceptors (Lipinski definition) is 5. The average molecular weight is 317 g/mol. The van der Waals surface area contributed by atoms with E-state index in [2.05, 4.69) is 4.98 Å². The SMILES string of the molecule is N=CC(C(N)=O)=C(N)c1ccc(Oc2ccc(Cl)cn2)cc1. The Bertz CT molecular complexity index is 724. The van der Waals surface area contributed by atoms with Crippen molar-refractivity contribution in [3.05, 3.63) is 58.8 Å². The lowest BCUT2D eigenvalue weighted by Crippen LogP contribution is -2.19. The maximum absolute atomic E-state index is 11.2. The highest BCUT2D eigenvalue weighted by molar-refractivity contribution is 6.30. The molecule has 2 rings (SSSR count). The molecule has 0 atom stereocenters. The number of carbonyl (C=O) groups excluding carboxylic acids is 1. The monoisotopic (exact) mass is 316 g/mol. The molecule has 5 N–H and O–H groups in total. The Kier molecular flexibility index (Phi) is 4.75. The van der Waals surface area contributed by atoms with Crippen molar-refractivity contribution in [3.8, 4) is 11.6 Å². The molecule has 1 amide bonds. The molecule has 6 nitrogen and oxygen atoms in total. The molecule has 0 aliphatic rings. The molecular weight excluding hydrogens is 304 g/mol. The largest absolute Gasteiger partial charge is 0.439 e. The number of nitrogens with two attached hydrogens (primary N) is 2. The second-order valence-corrected chi connectivity index (χ2v) is 4.71. The first-order valence-corrected chi connectivity index (χ1v) is 6.59. The van der Waals surface area contributed by atoms with Gasteiger partial charge in [-0.05, 0) is 35.9 Å². The van der Waals surface area contributed by atoms with Crippen molar-refractivity contribution in [2.45, 2.75) is 0 Å². The number of halogens is 1. The molecule has 1 heterocycles. The first-order valence-electron chi connectivity index (χ1n) is 6.21. The lowest BCUT2D eigenvalue weighted by molar-refractivity contribution is -0.114. The summed E-state index contributed by atoms with van der Waals surface area (Å²) in [6.45, 7) is 0. The maximum atomic E-state index is 11.2. The predicted molar refractivity (Wildman–Crippen MR) is 84.8 cm³/mol. The van der Waals surface area contributed by atoms with Gasteiger partial charge in [0.05, 0.1) is 16.3 Å². The van der Waals surface area contributed by atoms with Crippen LogP contribution in [0.5, 0.6) is 11.6 Å². The minimum absolute atomic E-state index is 0.0481. The fraction of sp³-hybridized carbons (Fsp3) is 0. The van der Waals surface area contributed by atoms with Crippen molar-refractivity contribution >= 4 is 29.4 Å². The van der Waals surface area contributed by atoms with Gasteiger partial charge in [-0.25, -0.2) is 4.98 Å². The topological polar surface area (TPSA) is 115 Å². The molecule has 0 radical (unpaired) electrons. The standard InChI is InChI=1S/C15H13ClN4O2/c16-10-3-6-13(20-8-10)22-11-4-1-9(2-5-11)14(18)12(7-17)15(19)21/h1-8,17H,18H2,(H2,19,21). The summed E-state index contributed by atoms with van der Waals surface area (Å²) in [5, 5.41) is 7.69. The van der Waals surface area contributed by atoms with Crippen molar-refractivity contribution < 1.29 is 9.53 Å². The van der Waals surface area contributed by atoms with Gasteiger partial charge in [-0.3, -0.25) is 4.79 Å². The molecule has 22 heavy (non-hydrogen) atoms. The molecule has 0 fully saturated rings. The van der Waals surface area contributed by atoms with Crippen molar-refractivity contribution in [2.75, 3.05) is 0 Å². The summed E-state index contributed by atoms with van der Waals surface area (Å²) >= 11 is 5.75. The van der Waals surface area contributed by atoms with E-state index in [4.69, 9.17) is 33.2 Å². The van der Waals surface area contributed by atoms with Gasteiger partial charge in [0.2, 0.25) is 5.88 Å². The van der Waals surface area contributed by atoms with Gasteiger partial charge in [-0.2, -0.15) is 0 Å². The van der Waals surface area contributed by atoms with Crippen LogP contribution in [0.3, 0.4) is 0 Å². The van der Waals surface area contributed by atoms with E-state index in [1.807, 2.05) is 0 Å². The van der Waals surface area contributed by atoms with Gasteiger partial charge in [-0.1, -0.05) is 11.6 Å². The number of hydrogen-bond donors (Lipinski definition) is 3. The molecule has 1 aromatic carbocycles. The molecule has 112 valence electrons. The third kappa shape index (κ3) is 3.62. The number of nitrogens with one attached hydrogen (secondary N) is 1. The van der Waals surface area contributed by atoms with E-state index in [0.717, 1.165) is 6.21 Å². The Balaban J connectivity index is 2.21. The van der Waals surface area contributed by atoms with E-state index in [1.165, 1.54) is 6.20 Å². The number of pyridine rings is 1. The molecular formula is C15H13ClN4O2. The van der Waals surface area contributed by atoms with Gasteiger partial charge in [0.15, 0.2) is 0 Å². The molecule has 0 bridgehead atoms. The second kappa shape index (κ2) is 6.73. The highest BCUT2D eigenvalue weighted by Crippen LogP contribution is 2.22. The molecule has 1 aromatic heterocycles. The Morgan fingerprint density at radius 2 is 1.86 bits per heavy atom. The molecule has 0 saturated heterocycles. The summed E-state index contributed by atoms with van der Waals surface area (Å²) in [5.41, 5.74) is 11.6. The highest BCUT2D eigenvalue weighted by atomic mass is 35.5. The first kappa shape index (κ1) is 15.5. The zero-order valence-electron chi connectivity index (χ0n) is 11.4. The summed E-state index contributed by atoms with van der Waals surface area (Å²) in [7, 11) is 0. The van der Waals surface area contributed by atoms with Crippen LogP contribution in [0.15, 0.2) is 48.2 Å². The molecule has 7 heteroatoms. The van der Waals surface area contributed by atoms with Crippen LogP contribution < -0.4 is 16.2 Å². The van der Waals surface area contributed by atoms with Crippen molar-refractivity contribution in [1.82, 2.24) is 4.98 Å². The smallest absolute Gasteiger partial charge is 0.252 e. The number of primary amides is 1. The lowest BCUT2D eigenvalue weighted by atomic mass is 10.1. The van der Waals surface area contributed by atoms with Gasteiger partial charge >= 0.3 is 0 Å². The van der Waals surface area contributed by atoms with E-state index in [-0.39, 0.29) is 11.3 Å². The van der Waals surface area contributed by atoms with Gasteiger partial charge < -0.3 is 21.6 Å².